The van der Waals surface area contributed by atoms with E-state index in [0.717, 1.165) is 25.7 Å². The molecule has 0 amide bonds. The van der Waals surface area contributed by atoms with Crippen molar-refractivity contribution in [3.8, 4) is 0 Å². The van der Waals surface area contributed by atoms with Crippen LogP contribution in [0.2, 0.25) is 0 Å². The molecule has 1 aliphatic heterocycles. The topological polar surface area (TPSA) is 55.4 Å². The molecule has 0 aromatic carbocycles. The third kappa shape index (κ3) is 2.66. The SMILES string of the molecule is CNC1CCCC(S(=O)(=O)C2CCOC2C)C1. The predicted molar refractivity (Wildman–Crippen MR) is 67.8 cm³/mol. The molecule has 1 N–H and O–H groups in total. The number of nitrogens with one attached hydrogen (secondary N) is 1. The van der Waals surface area contributed by atoms with Gasteiger partial charge in [-0.1, -0.05) is 6.42 Å². The van der Waals surface area contributed by atoms with Crippen LogP contribution in [-0.4, -0.2) is 44.7 Å². The number of rotatable bonds is 3. The minimum atomic E-state index is -3.02. The summed E-state index contributed by atoms with van der Waals surface area (Å²) in [5.41, 5.74) is 0. The Balaban J connectivity index is 2.09. The molecule has 0 aromatic heterocycles. The molecule has 2 rings (SSSR count). The Morgan fingerprint density at radius 2 is 2.00 bits per heavy atom. The van der Waals surface area contributed by atoms with Gasteiger partial charge in [0.1, 0.15) is 0 Å². The van der Waals surface area contributed by atoms with Crippen molar-refractivity contribution < 1.29 is 13.2 Å². The molecule has 0 radical (unpaired) electrons. The summed E-state index contributed by atoms with van der Waals surface area (Å²) in [6.07, 6.45) is 4.24. The molecule has 2 fully saturated rings. The molecule has 17 heavy (non-hydrogen) atoms. The minimum Gasteiger partial charge on any atom is -0.377 e. The van der Waals surface area contributed by atoms with Crippen molar-refractivity contribution in [3.63, 3.8) is 0 Å². The van der Waals surface area contributed by atoms with E-state index < -0.39 is 9.84 Å². The van der Waals surface area contributed by atoms with Gasteiger partial charge < -0.3 is 10.1 Å². The van der Waals surface area contributed by atoms with Gasteiger partial charge in [0.25, 0.3) is 0 Å². The van der Waals surface area contributed by atoms with Gasteiger partial charge in [-0.25, -0.2) is 8.42 Å². The summed E-state index contributed by atoms with van der Waals surface area (Å²) in [7, 11) is -1.10. The summed E-state index contributed by atoms with van der Waals surface area (Å²) in [5, 5.41) is 2.77. The van der Waals surface area contributed by atoms with Gasteiger partial charge in [-0.2, -0.15) is 0 Å². The Morgan fingerprint density at radius 1 is 1.24 bits per heavy atom. The first kappa shape index (κ1) is 13.3. The van der Waals surface area contributed by atoms with E-state index in [1.165, 1.54) is 0 Å². The lowest BCUT2D eigenvalue weighted by Gasteiger charge is -2.31. The maximum Gasteiger partial charge on any atom is 0.158 e. The van der Waals surface area contributed by atoms with E-state index in [-0.39, 0.29) is 16.6 Å². The maximum atomic E-state index is 12.6. The van der Waals surface area contributed by atoms with E-state index in [0.29, 0.717) is 19.1 Å². The predicted octanol–water partition coefficient (Wildman–Crippen LogP) is 1.11. The van der Waals surface area contributed by atoms with Gasteiger partial charge in [0, 0.05) is 12.6 Å². The zero-order valence-electron chi connectivity index (χ0n) is 10.7. The minimum absolute atomic E-state index is 0.130. The third-order valence-electron chi connectivity index (χ3n) is 4.23. The summed E-state index contributed by atoms with van der Waals surface area (Å²) < 4.78 is 30.5. The van der Waals surface area contributed by atoms with Crippen molar-refractivity contribution in [2.75, 3.05) is 13.7 Å². The highest BCUT2D eigenvalue weighted by Crippen LogP contribution is 2.31. The molecular formula is C12H23NO3S. The average molecular weight is 261 g/mol. The van der Waals surface area contributed by atoms with Gasteiger partial charge in [0.2, 0.25) is 0 Å². The van der Waals surface area contributed by atoms with Crippen LogP contribution in [-0.2, 0) is 14.6 Å². The largest absolute Gasteiger partial charge is 0.377 e. The van der Waals surface area contributed by atoms with Crippen LogP contribution in [0.3, 0.4) is 0 Å². The fourth-order valence-electron chi connectivity index (χ4n) is 3.10. The zero-order chi connectivity index (χ0) is 12.5. The third-order valence-corrected chi connectivity index (χ3v) is 7.05. The lowest BCUT2D eigenvalue weighted by atomic mass is 9.95. The van der Waals surface area contributed by atoms with Crippen molar-refractivity contribution in [1.29, 1.82) is 0 Å². The van der Waals surface area contributed by atoms with Crippen LogP contribution in [0.4, 0.5) is 0 Å². The van der Waals surface area contributed by atoms with E-state index in [9.17, 15) is 8.42 Å². The van der Waals surface area contributed by atoms with E-state index >= 15 is 0 Å². The van der Waals surface area contributed by atoms with Crippen LogP contribution in [0.5, 0.6) is 0 Å². The lowest BCUT2D eigenvalue weighted by molar-refractivity contribution is 0.126. The molecule has 4 unspecified atom stereocenters. The second kappa shape index (κ2) is 5.24. The molecule has 5 heteroatoms. The summed E-state index contributed by atoms with van der Waals surface area (Å²) in [4.78, 5) is 0. The second-order valence-corrected chi connectivity index (χ2v) is 7.72. The fraction of sp³-hybridized carbons (Fsp3) is 1.00. The molecule has 0 aromatic rings. The summed E-state index contributed by atoms with van der Waals surface area (Å²) in [5.74, 6) is 0. The number of hydrogen-bond donors (Lipinski definition) is 1. The molecule has 1 aliphatic carbocycles. The van der Waals surface area contributed by atoms with Crippen molar-refractivity contribution in [1.82, 2.24) is 5.32 Å². The van der Waals surface area contributed by atoms with Crippen molar-refractivity contribution in [2.45, 2.75) is 61.7 Å². The number of hydrogen-bond acceptors (Lipinski definition) is 4. The molecule has 1 saturated carbocycles. The smallest absolute Gasteiger partial charge is 0.158 e. The summed E-state index contributed by atoms with van der Waals surface area (Å²) >= 11 is 0. The van der Waals surface area contributed by atoms with Gasteiger partial charge in [-0.15, -0.1) is 0 Å². The first-order chi connectivity index (χ1) is 8.05. The standard InChI is InChI=1S/C12H23NO3S/c1-9-12(6-7-16-9)17(14,15)11-5-3-4-10(8-11)13-2/h9-13H,3-8H2,1-2H3. The lowest BCUT2D eigenvalue weighted by Crippen LogP contribution is -2.42. The van der Waals surface area contributed by atoms with E-state index in [2.05, 4.69) is 5.32 Å². The van der Waals surface area contributed by atoms with Crippen molar-refractivity contribution >= 4 is 9.84 Å². The Hall–Kier alpha value is -0.130. The number of sulfone groups is 1. The molecule has 100 valence electrons. The molecule has 4 nitrogen and oxygen atoms in total. The Bertz CT molecular complexity index is 355. The van der Waals surface area contributed by atoms with Crippen molar-refractivity contribution in [2.24, 2.45) is 0 Å². The van der Waals surface area contributed by atoms with Gasteiger partial charge in [0.05, 0.1) is 16.6 Å². The van der Waals surface area contributed by atoms with E-state index in [4.69, 9.17) is 4.74 Å². The maximum absolute atomic E-state index is 12.6. The summed E-state index contributed by atoms with van der Waals surface area (Å²) in [6.45, 7) is 2.47. The van der Waals surface area contributed by atoms with Gasteiger partial charge in [0.15, 0.2) is 9.84 Å². The van der Waals surface area contributed by atoms with Crippen LogP contribution in [0, 0.1) is 0 Å². The molecule has 1 heterocycles. The summed E-state index contributed by atoms with van der Waals surface area (Å²) in [6, 6.07) is 0.362. The molecule has 4 atom stereocenters. The van der Waals surface area contributed by atoms with Crippen LogP contribution in [0.15, 0.2) is 0 Å². The van der Waals surface area contributed by atoms with E-state index in [1.807, 2.05) is 14.0 Å². The van der Waals surface area contributed by atoms with Crippen LogP contribution < -0.4 is 5.32 Å². The second-order valence-electron chi connectivity index (χ2n) is 5.27. The highest BCUT2D eigenvalue weighted by Gasteiger charge is 2.42. The molecule has 1 saturated heterocycles. The Morgan fingerprint density at radius 3 is 2.59 bits per heavy atom. The van der Waals surface area contributed by atoms with Crippen molar-refractivity contribution in [3.05, 3.63) is 0 Å². The van der Waals surface area contributed by atoms with E-state index in [1.54, 1.807) is 0 Å². The van der Waals surface area contributed by atoms with Gasteiger partial charge in [-0.3, -0.25) is 0 Å². The monoisotopic (exact) mass is 261 g/mol. The first-order valence-electron chi connectivity index (χ1n) is 6.57. The molecule has 0 spiro atoms. The molecular weight excluding hydrogens is 238 g/mol. The van der Waals surface area contributed by atoms with Crippen LogP contribution in [0.1, 0.15) is 39.0 Å². The highest BCUT2D eigenvalue weighted by molar-refractivity contribution is 7.92. The molecule has 2 aliphatic rings. The normalized spacial score (nSPS) is 39.4. The Kier molecular flexibility index (Phi) is 4.10. The van der Waals surface area contributed by atoms with Gasteiger partial charge in [-0.05, 0) is 39.7 Å². The van der Waals surface area contributed by atoms with Crippen LogP contribution in [0.25, 0.3) is 0 Å². The number of ether oxygens (including phenoxy) is 1. The Labute approximate surface area is 104 Å². The molecule has 0 bridgehead atoms. The van der Waals surface area contributed by atoms with Crippen LogP contribution >= 0.6 is 0 Å². The highest BCUT2D eigenvalue weighted by atomic mass is 32.2. The van der Waals surface area contributed by atoms with Gasteiger partial charge >= 0.3 is 0 Å². The average Bonchev–Trinajstić information content (AvgIpc) is 2.76. The first-order valence-corrected chi connectivity index (χ1v) is 8.18. The zero-order valence-corrected chi connectivity index (χ0v) is 11.5. The fourth-order valence-corrected chi connectivity index (χ4v) is 5.62. The quantitative estimate of drug-likeness (QED) is 0.827.